The summed E-state index contributed by atoms with van der Waals surface area (Å²) in [6.45, 7) is 4.17. The third-order valence-corrected chi connectivity index (χ3v) is 7.84. The highest BCUT2D eigenvalue weighted by Crippen LogP contribution is 2.45. The molecule has 0 unspecified atom stereocenters. The minimum absolute atomic E-state index is 0.111. The summed E-state index contributed by atoms with van der Waals surface area (Å²) in [5.41, 5.74) is 2.77. The Balaban J connectivity index is 1.57. The van der Waals surface area contributed by atoms with E-state index in [1.807, 2.05) is 47.4 Å². The van der Waals surface area contributed by atoms with Crippen molar-refractivity contribution in [3.05, 3.63) is 88.5 Å². The average Bonchev–Trinajstić information content (AvgIpc) is 3.10. The van der Waals surface area contributed by atoms with Crippen molar-refractivity contribution in [3.63, 3.8) is 0 Å². The van der Waals surface area contributed by atoms with Crippen molar-refractivity contribution in [2.45, 2.75) is 18.7 Å². The molecule has 0 atom stereocenters. The molecule has 0 spiro atoms. The number of Topliss-reactive ketones (excluding diaryl/α,β-unsaturated/α-hetero) is 1. The van der Waals surface area contributed by atoms with Crippen LogP contribution in [0.3, 0.4) is 0 Å². The van der Waals surface area contributed by atoms with Crippen LogP contribution >= 0.6 is 27.5 Å². The molecule has 0 N–H and O–H groups in total. The predicted octanol–water partition coefficient (Wildman–Crippen LogP) is 5.81. The molecule has 0 bridgehead atoms. The molecule has 1 fully saturated rings. The lowest BCUT2D eigenvalue weighted by Gasteiger charge is -2.38. The number of benzene rings is 2. The molecular formula is C29H27BrClFN4O3. The van der Waals surface area contributed by atoms with Gasteiger partial charge in [0.25, 0.3) is 0 Å². The van der Waals surface area contributed by atoms with Gasteiger partial charge in [0.2, 0.25) is 0 Å². The molecule has 2 aromatic carbocycles. The first-order valence-electron chi connectivity index (χ1n) is 12.7. The maximum atomic E-state index is 15.7. The first-order chi connectivity index (χ1) is 18.9. The van der Waals surface area contributed by atoms with Gasteiger partial charge in [0.05, 0.1) is 23.0 Å². The number of ketones is 1. The van der Waals surface area contributed by atoms with Crippen LogP contribution in [0.15, 0.2) is 66.5 Å². The fourth-order valence-corrected chi connectivity index (χ4v) is 5.69. The van der Waals surface area contributed by atoms with Crippen LogP contribution < -0.4 is 14.7 Å². The third-order valence-electron chi connectivity index (χ3n) is 6.83. The Hall–Kier alpha value is -3.43. The Morgan fingerprint density at radius 3 is 2.44 bits per heavy atom. The van der Waals surface area contributed by atoms with Gasteiger partial charge in [-0.25, -0.2) is 14.2 Å². The normalized spacial score (nSPS) is 15.5. The van der Waals surface area contributed by atoms with Crippen molar-refractivity contribution in [2.75, 3.05) is 47.5 Å². The number of piperazine rings is 1. The summed E-state index contributed by atoms with van der Waals surface area (Å²) in [6.07, 6.45) is 3.03. The number of fused-ring (bicyclic) bond motifs is 1. The minimum Gasteiger partial charge on any atom is -0.462 e. The predicted molar refractivity (Wildman–Crippen MR) is 155 cm³/mol. The van der Waals surface area contributed by atoms with Crippen molar-refractivity contribution in [1.82, 2.24) is 4.98 Å². The molecule has 7 nitrogen and oxygen atoms in total. The number of anilines is 4. The van der Waals surface area contributed by atoms with Crippen molar-refractivity contribution in [1.29, 1.82) is 0 Å². The number of carbonyl (C=O) groups excluding carboxylic acids is 2. The van der Waals surface area contributed by atoms with Crippen LogP contribution in [0.1, 0.15) is 18.1 Å². The lowest BCUT2D eigenvalue weighted by atomic mass is 10.0. The van der Waals surface area contributed by atoms with E-state index in [9.17, 15) is 9.59 Å². The highest BCUT2D eigenvalue weighted by molar-refractivity contribution is 9.08. The molecule has 39 heavy (non-hydrogen) atoms. The summed E-state index contributed by atoms with van der Waals surface area (Å²) in [7, 11) is 0. The van der Waals surface area contributed by atoms with Crippen LogP contribution in [0.4, 0.5) is 27.3 Å². The van der Waals surface area contributed by atoms with E-state index in [1.54, 1.807) is 18.0 Å². The molecule has 10 heteroatoms. The highest BCUT2D eigenvalue weighted by atomic mass is 79.9. The number of ether oxygens (including phenoxy) is 1. The SMILES string of the molecule is CCOC(=O)C1=CN(c2ccc(CBr)cc2)c2c(cc(F)c(N3CCN(c4ccccn4)CC3)c2Cl)CC1=O. The smallest absolute Gasteiger partial charge is 0.343 e. The van der Waals surface area contributed by atoms with Crippen molar-refractivity contribution >= 4 is 62.2 Å². The molecule has 5 rings (SSSR count). The zero-order chi connectivity index (χ0) is 27.5. The number of halogens is 3. The maximum absolute atomic E-state index is 15.7. The average molecular weight is 614 g/mol. The fraction of sp³-hybridized carbons (Fsp3) is 0.276. The summed E-state index contributed by atoms with van der Waals surface area (Å²) in [4.78, 5) is 36.1. The van der Waals surface area contributed by atoms with Gasteiger partial charge in [-0.05, 0) is 48.4 Å². The molecular weight excluding hydrogens is 587 g/mol. The van der Waals surface area contributed by atoms with Gasteiger partial charge >= 0.3 is 5.97 Å². The molecule has 2 aliphatic heterocycles. The van der Waals surface area contributed by atoms with Crippen LogP contribution in [0.25, 0.3) is 0 Å². The number of aromatic nitrogens is 1. The number of rotatable bonds is 6. The van der Waals surface area contributed by atoms with E-state index in [0.29, 0.717) is 48.4 Å². The third kappa shape index (κ3) is 5.51. The Morgan fingerprint density at radius 1 is 1.08 bits per heavy atom. The summed E-state index contributed by atoms with van der Waals surface area (Å²) in [5, 5.41) is 0.863. The molecule has 0 radical (unpaired) electrons. The second-order valence-electron chi connectivity index (χ2n) is 9.22. The van der Waals surface area contributed by atoms with Gasteiger partial charge in [0, 0.05) is 56.0 Å². The first kappa shape index (κ1) is 27.1. The van der Waals surface area contributed by atoms with Gasteiger partial charge in [0.15, 0.2) is 5.78 Å². The first-order valence-corrected chi connectivity index (χ1v) is 14.2. The minimum atomic E-state index is -0.722. The molecule has 1 aromatic heterocycles. The van der Waals surface area contributed by atoms with Crippen molar-refractivity contribution < 1.29 is 18.7 Å². The second kappa shape index (κ2) is 11.8. The number of alkyl halides is 1. The summed E-state index contributed by atoms with van der Waals surface area (Å²) >= 11 is 10.5. The fourth-order valence-electron chi connectivity index (χ4n) is 4.89. The molecule has 3 heterocycles. The Labute approximate surface area is 239 Å². The van der Waals surface area contributed by atoms with Gasteiger partial charge in [-0.2, -0.15) is 0 Å². The van der Waals surface area contributed by atoms with Gasteiger partial charge in [-0.1, -0.05) is 45.7 Å². The van der Waals surface area contributed by atoms with Crippen LogP contribution in [0.5, 0.6) is 0 Å². The topological polar surface area (TPSA) is 66.0 Å². The molecule has 0 aliphatic carbocycles. The lowest BCUT2D eigenvalue weighted by Crippen LogP contribution is -2.47. The van der Waals surface area contributed by atoms with Gasteiger partial charge in [0.1, 0.15) is 17.2 Å². The van der Waals surface area contributed by atoms with Crippen LogP contribution in [0, 0.1) is 5.82 Å². The molecule has 202 valence electrons. The molecule has 1 saturated heterocycles. The van der Waals surface area contributed by atoms with E-state index in [1.165, 1.54) is 12.3 Å². The Bertz CT molecular complexity index is 1410. The van der Waals surface area contributed by atoms with E-state index in [4.69, 9.17) is 16.3 Å². The van der Waals surface area contributed by atoms with Crippen molar-refractivity contribution in [3.8, 4) is 0 Å². The number of carbonyl (C=O) groups is 2. The molecule has 3 aromatic rings. The summed E-state index contributed by atoms with van der Waals surface area (Å²) in [5.74, 6) is -0.813. The number of hydrogen-bond donors (Lipinski definition) is 0. The van der Waals surface area contributed by atoms with E-state index in [-0.39, 0.29) is 29.3 Å². The van der Waals surface area contributed by atoms with E-state index in [0.717, 1.165) is 11.4 Å². The van der Waals surface area contributed by atoms with Gasteiger partial charge in [-0.15, -0.1) is 0 Å². The monoisotopic (exact) mass is 612 g/mol. The van der Waals surface area contributed by atoms with Crippen LogP contribution in [-0.4, -0.2) is 49.5 Å². The highest BCUT2D eigenvalue weighted by Gasteiger charge is 2.33. The second-order valence-corrected chi connectivity index (χ2v) is 10.2. The van der Waals surface area contributed by atoms with E-state index < -0.39 is 17.6 Å². The van der Waals surface area contributed by atoms with Gasteiger partial charge < -0.3 is 19.4 Å². The van der Waals surface area contributed by atoms with Gasteiger partial charge in [-0.3, -0.25) is 4.79 Å². The van der Waals surface area contributed by atoms with E-state index in [2.05, 4.69) is 25.8 Å². The maximum Gasteiger partial charge on any atom is 0.343 e. The standard InChI is InChI=1S/C29H27BrClFN4O3/c1-2-39-29(38)22-18-36(21-8-6-19(17-30)7-9-21)27-20(16-24(22)37)15-23(32)28(26(27)31)35-13-11-34(12-14-35)25-5-3-4-10-33-25/h3-10,15,18H,2,11-14,16-17H2,1H3. The zero-order valence-corrected chi connectivity index (χ0v) is 23.7. The quantitative estimate of drug-likeness (QED) is 0.198. The van der Waals surface area contributed by atoms with E-state index >= 15 is 4.39 Å². The Kier molecular flexibility index (Phi) is 8.18. The van der Waals surface area contributed by atoms with Crippen molar-refractivity contribution in [2.24, 2.45) is 0 Å². The van der Waals surface area contributed by atoms with Crippen LogP contribution in [0.2, 0.25) is 5.02 Å². The largest absolute Gasteiger partial charge is 0.462 e. The molecule has 0 amide bonds. The number of pyridine rings is 1. The summed E-state index contributed by atoms with van der Waals surface area (Å²) < 4.78 is 20.9. The number of hydrogen-bond acceptors (Lipinski definition) is 7. The zero-order valence-electron chi connectivity index (χ0n) is 21.4. The molecule has 0 saturated carbocycles. The number of esters is 1. The van der Waals surface area contributed by atoms with Crippen LogP contribution in [-0.2, 0) is 26.1 Å². The Morgan fingerprint density at radius 2 is 1.79 bits per heavy atom. The number of nitrogens with zero attached hydrogens (tertiary/aromatic N) is 4. The molecule has 2 aliphatic rings. The lowest BCUT2D eigenvalue weighted by molar-refractivity contribution is -0.139. The summed E-state index contributed by atoms with van der Waals surface area (Å²) in [6, 6.07) is 14.7.